The normalized spacial score (nSPS) is 13.2. The first-order valence-electron chi connectivity index (χ1n) is 10.0. The zero-order chi connectivity index (χ0) is 21.3. The van der Waals surface area contributed by atoms with Crippen LogP contribution >= 0.6 is 0 Å². The zero-order valence-corrected chi connectivity index (χ0v) is 17.9. The number of anilines is 2. The van der Waals surface area contributed by atoms with Crippen LogP contribution in [0.15, 0.2) is 71.6 Å². The predicted octanol–water partition coefficient (Wildman–Crippen LogP) is 4.56. The van der Waals surface area contributed by atoms with Crippen molar-refractivity contribution in [2.75, 3.05) is 16.2 Å². The molecule has 0 fully saturated rings. The van der Waals surface area contributed by atoms with Gasteiger partial charge in [0.2, 0.25) is 0 Å². The Bertz CT molecular complexity index is 1220. The number of nitrogens with one attached hydrogen (secondary N) is 1. The lowest BCUT2D eigenvalue weighted by Crippen LogP contribution is -2.29. The van der Waals surface area contributed by atoms with E-state index in [1.807, 2.05) is 56.3 Å². The molecule has 1 amide bonds. The lowest BCUT2D eigenvalue weighted by atomic mass is 10.1. The van der Waals surface area contributed by atoms with Crippen molar-refractivity contribution in [3.05, 3.63) is 89.0 Å². The van der Waals surface area contributed by atoms with Crippen LogP contribution in [0.3, 0.4) is 0 Å². The molecule has 1 N–H and O–H groups in total. The molecule has 0 aromatic heterocycles. The topological polar surface area (TPSA) is 66.5 Å². The molecule has 1 aliphatic heterocycles. The van der Waals surface area contributed by atoms with Crippen molar-refractivity contribution < 1.29 is 13.2 Å². The molecule has 4 rings (SSSR count). The number of hydrogen-bond acceptors (Lipinski definition) is 3. The average Bonchev–Trinajstić information content (AvgIpc) is 3.20. The number of aryl methyl sites for hydroxylation is 2. The summed E-state index contributed by atoms with van der Waals surface area (Å²) in [7, 11) is -3.75. The highest BCUT2D eigenvalue weighted by atomic mass is 32.2. The van der Waals surface area contributed by atoms with E-state index in [0.29, 0.717) is 24.2 Å². The monoisotopic (exact) mass is 420 g/mol. The maximum Gasteiger partial charge on any atom is 0.264 e. The third-order valence-corrected chi connectivity index (χ3v) is 7.32. The minimum Gasteiger partial charge on any atom is -0.321 e. The second-order valence-electron chi connectivity index (χ2n) is 7.40. The van der Waals surface area contributed by atoms with Gasteiger partial charge in [0.05, 0.1) is 10.6 Å². The molecule has 6 heteroatoms. The maximum absolute atomic E-state index is 13.3. The lowest BCUT2D eigenvalue weighted by Gasteiger charge is -2.20. The number of fused-ring (bicyclic) bond motifs is 1. The number of nitrogens with zero attached hydrogens (tertiary/aromatic N) is 1. The quantitative estimate of drug-likeness (QED) is 0.658. The summed E-state index contributed by atoms with van der Waals surface area (Å²) < 4.78 is 28.0. The highest BCUT2D eigenvalue weighted by Crippen LogP contribution is 2.33. The number of hydrogen-bond donors (Lipinski definition) is 1. The summed E-state index contributed by atoms with van der Waals surface area (Å²) in [6, 6.07) is 19.6. The minimum atomic E-state index is -3.75. The van der Waals surface area contributed by atoms with Crippen LogP contribution in [0.1, 0.15) is 34.0 Å². The fourth-order valence-corrected chi connectivity index (χ4v) is 5.42. The van der Waals surface area contributed by atoms with E-state index in [9.17, 15) is 13.2 Å². The summed E-state index contributed by atoms with van der Waals surface area (Å²) in [5.41, 5.74) is 4.84. The van der Waals surface area contributed by atoms with Gasteiger partial charge in [-0.1, -0.05) is 49.4 Å². The minimum absolute atomic E-state index is 0.118. The fourth-order valence-electron chi connectivity index (χ4n) is 3.87. The third-order valence-electron chi connectivity index (χ3n) is 5.51. The Morgan fingerprint density at radius 3 is 2.60 bits per heavy atom. The molecular formula is C24H24N2O3S. The van der Waals surface area contributed by atoms with E-state index in [2.05, 4.69) is 5.32 Å². The van der Waals surface area contributed by atoms with Gasteiger partial charge in [-0.2, -0.15) is 0 Å². The van der Waals surface area contributed by atoms with E-state index < -0.39 is 10.0 Å². The second-order valence-corrected chi connectivity index (χ2v) is 9.26. The van der Waals surface area contributed by atoms with E-state index in [0.717, 1.165) is 28.8 Å². The number of sulfonamides is 1. The molecule has 0 radical (unpaired) electrons. The number of carbonyl (C=O) groups is 1. The molecule has 1 heterocycles. The van der Waals surface area contributed by atoms with Crippen molar-refractivity contribution in [3.63, 3.8) is 0 Å². The van der Waals surface area contributed by atoms with Gasteiger partial charge in [0.25, 0.3) is 15.9 Å². The number of amides is 1. The third kappa shape index (κ3) is 3.59. The van der Waals surface area contributed by atoms with Crippen molar-refractivity contribution in [1.82, 2.24) is 0 Å². The Balaban J connectivity index is 1.64. The largest absolute Gasteiger partial charge is 0.321 e. The summed E-state index contributed by atoms with van der Waals surface area (Å²) >= 11 is 0. The molecular weight excluding hydrogens is 396 g/mol. The molecule has 3 aromatic carbocycles. The van der Waals surface area contributed by atoms with Crippen LogP contribution in [0.4, 0.5) is 11.4 Å². The maximum atomic E-state index is 13.3. The molecule has 0 unspecified atom stereocenters. The first kappa shape index (κ1) is 20.2. The van der Waals surface area contributed by atoms with Gasteiger partial charge in [-0.05, 0) is 60.7 Å². The van der Waals surface area contributed by atoms with Gasteiger partial charge in [-0.15, -0.1) is 0 Å². The molecule has 0 spiro atoms. The van der Waals surface area contributed by atoms with Crippen molar-refractivity contribution in [1.29, 1.82) is 0 Å². The van der Waals surface area contributed by atoms with E-state index in [-0.39, 0.29) is 10.8 Å². The number of para-hydroxylation sites is 2. The van der Waals surface area contributed by atoms with Crippen LogP contribution in [0.5, 0.6) is 0 Å². The van der Waals surface area contributed by atoms with Gasteiger partial charge in [0, 0.05) is 17.8 Å². The van der Waals surface area contributed by atoms with Crippen molar-refractivity contribution in [2.45, 2.75) is 31.6 Å². The molecule has 30 heavy (non-hydrogen) atoms. The second kappa shape index (κ2) is 7.95. The van der Waals surface area contributed by atoms with Gasteiger partial charge in [-0.25, -0.2) is 8.42 Å². The van der Waals surface area contributed by atoms with Crippen molar-refractivity contribution >= 4 is 27.3 Å². The molecule has 0 saturated carbocycles. The highest BCUT2D eigenvalue weighted by Gasteiger charge is 2.31. The highest BCUT2D eigenvalue weighted by molar-refractivity contribution is 7.92. The first-order valence-corrected chi connectivity index (χ1v) is 11.5. The molecule has 0 bridgehead atoms. The van der Waals surface area contributed by atoms with Gasteiger partial charge in [0.1, 0.15) is 0 Å². The molecule has 154 valence electrons. The SMILES string of the molecule is CCc1cccc(C)c1NC(=O)c1cccc(S(=O)(=O)N2CCc3ccccc32)c1. The number of rotatable bonds is 5. The lowest BCUT2D eigenvalue weighted by molar-refractivity contribution is 0.102. The number of benzene rings is 3. The summed E-state index contributed by atoms with van der Waals surface area (Å²) in [5.74, 6) is -0.321. The van der Waals surface area contributed by atoms with Gasteiger partial charge in [-0.3, -0.25) is 9.10 Å². The van der Waals surface area contributed by atoms with Gasteiger partial charge in [0.15, 0.2) is 0 Å². The zero-order valence-electron chi connectivity index (χ0n) is 17.1. The number of carbonyl (C=O) groups excluding carboxylic acids is 1. The fraction of sp³-hybridized carbons (Fsp3) is 0.208. The molecule has 0 saturated heterocycles. The van der Waals surface area contributed by atoms with Gasteiger partial charge >= 0.3 is 0 Å². The molecule has 3 aromatic rings. The average molecular weight is 421 g/mol. The smallest absolute Gasteiger partial charge is 0.264 e. The predicted molar refractivity (Wildman–Crippen MR) is 120 cm³/mol. The Hall–Kier alpha value is -3.12. The van der Waals surface area contributed by atoms with Crippen LogP contribution in [-0.4, -0.2) is 20.9 Å². The molecule has 0 atom stereocenters. The summed E-state index contributed by atoms with van der Waals surface area (Å²) in [6.07, 6.45) is 1.47. The van der Waals surface area contributed by atoms with Crippen molar-refractivity contribution in [2.24, 2.45) is 0 Å². The Morgan fingerprint density at radius 2 is 1.80 bits per heavy atom. The van der Waals surface area contributed by atoms with Crippen LogP contribution in [0.2, 0.25) is 0 Å². The Kier molecular flexibility index (Phi) is 5.35. The van der Waals surface area contributed by atoms with E-state index in [1.165, 1.54) is 16.4 Å². The van der Waals surface area contributed by atoms with Crippen LogP contribution in [0.25, 0.3) is 0 Å². The Morgan fingerprint density at radius 1 is 1.03 bits per heavy atom. The molecule has 0 aliphatic carbocycles. The molecule has 5 nitrogen and oxygen atoms in total. The Labute approximate surface area is 177 Å². The van der Waals surface area contributed by atoms with Crippen LogP contribution in [-0.2, 0) is 22.9 Å². The van der Waals surface area contributed by atoms with E-state index in [4.69, 9.17) is 0 Å². The van der Waals surface area contributed by atoms with Crippen LogP contribution < -0.4 is 9.62 Å². The van der Waals surface area contributed by atoms with Crippen LogP contribution in [0, 0.1) is 6.92 Å². The van der Waals surface area contributed by atoms with E-state index >= 15 is 0 Å². The standard InChI is InChI=1S/C24H24N2O3S/c1-3-18-10-6-8-17(2)23(18)25-24(27)20-11-7-12-21(16-20)30(28,29)26-15-14-19-9-4-5-13-22(19)26/h4-13,16H,3,14-15H2,1-2H3,(H,25,27). The summed E-state index contributed by atoms with van der Waals surface area (Å²) in [4.78, 5) is 13.0. The first-order chi connectivity index (χ1) is 14.4. The molecule has 1 aliphatic rings. The van der Waals surface area contributed by atoms with E-state index in [1.54, 1.807) is 12.1 Å². The van der Waals surface area contributed by atoms with Gasteiger partial charge < -0.3 is 5.32 Å². The summed E-state index contributed by atoms with van der Waals surface area (Å²) in [6.45, 7) is 4.38. The van der Waals surface area contributed by atoms with Crippen molar-refractivity contribution in [3.8, 4) is 0 Å². The summed E-state index contributed by atoms with van der Waals surface area (Å²) in [5, 5.41) is 2.96.